The van der Waals surface area contributed by atoms with E-state index in [1.807, 2.05) is 6.08 Å². The van der Waals surface area contributed by atoms with Crippen molar-refractivity contribution in [1.29, 1.82) is 0 Å². The zero-order valence-corrected chi connectivity index (χ0v) is 22.9. The van der Waals surface area contributed by atoms with Gasteiger partial charge in [-0.25, -0.2) is 4.79 Å². The number of hydrogen-bond acceptors (Lipinski definition) is 8. The van der Waals surface area contributed by atoms with Crippen LogP contribution < -0.4 is 21.3 Å². The lowest BCUT2D eigenvalue weighted by Crippen LogP contribution is -2.57. The standard InChI is InChI=1S/C24H36N4O6S2/c1-6-16-21(30)28-20(14(4)5)24(33)34-15-9-7-8-10-35-36-12-17(22(31)25-16)26-23(32)19(13(2)3)27-18(29)11-15/h6-7,9,13-15,17,19-20H,8,10-12H2,1-5H3,(H,25,31)(H,26,32)(H,27,29)(H,28,30)/b9-7-,16-6-. The molecule has 4 amide bonds. The summed E-state index contributed by atoms with van der Waals surface area (Å²) >= 11 is 0. The normalized spacial score (nSPS) is 29.6. The molecule has 4 unspecified atom stereocenters. The van der Waals surface area contributed by atoms with Crippen LogP contribution in [0.4, 0.5) is 0 Å². The number of esters is 1. The summed E-state index contributed by atoms with van der Waals surface area (Å²) in [5.41, 5.74) is -0.0445. The monoisotopic (exact) mass is 540 g/mol. The van der Waals surface area contributed by atoms with Gasteiger partial charge in [-0.05, 0) is 31.3 Å². The van der Waals surface area contributed by atoms with Crippen LogP contribution in [0.2, 0.25) is 0 Å². The first-order valence-corrected chi connectivity index (χ1v) is 14.5. The number of fused-ring (bicyclic) bond motifs is 7. The molecule has 4 N–H and O–H groups in total. The summed E-state index contributed by atoms with van der Waals surface area (Å²) in [5, 5.41) is 10.7. The Kier molecular flexibility index (Phi) is 11.8. The van der Waals surface area contributed by atoms with E-state index in [1.54, 1.807) is 40.7 Å². The molecule has 2 aliphatic heterocycles. The molecule has 200 valence electrons. The van der Waals surface area contributed by atoms with Crippen LogP contribution in [-0.2, 0) is 28.7 Å². The Balaban J connectivity index is 2.55. The number of rotatable bonds is 2. The molecule has 4 atom stereocenters. The first-order valence-electron chi connectivity index (χ1n) is 12.0. The summed E-state index contributed by atoms with van der Waals surface area (Å²) in [7, 11) is 2.95. The molecule has 10 nitrogen and oxygen atoms in total. The third-order valence-electron chi connectivity index (χ3n) is 5.59. The first kappa shape index (κ1) is 29.8. The Morgan fingerprint density at radius 1 is 0.944 bits per heavy atom. The molecule has 0 saturated carbocycles. The van der Waals surface area contributed by atoms with Crippen molar-refractivity contribution in [2.24, 2.45) is 11.8 Å². The summed E-state index contributed by atoms with van der Waals surface area (Å²) < 4.78 is 5.65. The molecule has 2 heterocycles. The number of nitrogens with one attached hydrogen (secondary N) is 4. The van der Waals surface area contributed by atoms with Gasteiger partial charge in [0, 0.05) is 11.5 Å². The minimum Gasteiger partial charge on any atom is -0.456 e. The molecule has 0 radical (unpaired) electrons. The Morgan fingerprint density at radius 2 is 1.64 bits per heavy atom. The van der Waals surface area contributed by atoms with Crippen molar-refractivity contribution in [2.45, 2.75) is 71.7 Å². The Hall–Kier alpha value is -2.47. The first-order chi connectivity index (χ1) is 17.0. The second kappa shape index (κ2) is 14.3. The van der Waals surface area contributed by atoms with Gasteiger partial charge in [0.1, 0.15) is 29.9 Å². The van der Waals surface area contributed by atoms with Gasteiger partial charge in [-0.1, -0.05) is 61.4 Å². The van der Waals surface area contributed by atoms with Gasteiger partial charge in [0.2, 0.25) is 17.7 Å². The van der Waals surface area contributed by atoms with Gasteiger partial charge in [-0.15, -0.1) is 0 Å². The molecule has 2 bridgehead atoms. The van der Waals surface area contributed by atoms with Gasteiger partial charge in [0.15, 0.2) is 0 Å². The second-order valence-corrected chi connectivity index (χ2v) is 11.9. The Bertz CT molecular complexity index is 905. The zero-order valence-electron chi connectivity index (χ0n) is 21.3. The number of carbonyl (C=O) groups is 5. The summed E-state index contributed by atoms with van der Waals surface area (Å²) in [6.45, 7) is 8.66. The number of ether oxygens (including phenoxy) is 1. The highest BCUT2D eigenvalue weighted by Gasteiger charge is 2.33. The third-order valence-corrected chi connectivity index (χ3v) is 8.03. The smallest absolute Gasteiger partial charge is 0.329 e. The number of amides is 4. The van der Waals surface area contributed by atoms with Crippen molar-refractivity contribution in [2.75, 3.05) is 11.5 Å². The molecule has 1 saturated heterocycles. The highest BCUT2D eigenvalue weighted by atomic mass is 33.1. The van der Waals surface area contributed by atoms with E-state index in [1.165, 1.54) is 27.7 Å². The lowest BCUT2D eigenvalue weighted by atomic mass is 10.0. The summed E-state index contributed by atoms with van der Waals surface area (Å²) in [6, 6.07) is -2.86. The molecular weight excluding hydrogens is 504 g/mol. The van der Waals surface area contributed by atoms with Gasteiger partial charge in [0.05, 0.1) is 6.42 Å². The molecule has 36 heavy (non-hydrogen) atoms. The summed E-state index contributed by atoms with van der Waals surface area (Å²) in [6.07, 6.45) is 4.51. The van der Waals surface area contributed by atoms with Crippen LogP contribution >= 0.6 is 21.6 Å². The van der Waals surface area contributed by atoms with E-state index in [0.29, 0.717) is 12.2 Å². The molecule has 2 aliphatic rings. The van der Waals surface area contributed by atoms with Crippen LogP contribution in [0.15, 0.2) is 23.9 Å². The minimum atomic E-state index is -1.00. The maximum absolute atomic E-state index is 13.2. The number of hydrogen-bond donors (Lipinski definition) is 4. The Morgan fingerprint density at radius 3 is 2.28 bits per heavy atom. The fourth-order valence-corrected chi connectivity index (χ4v) is 5.66. The Labute approximate surface area is 220 Å². The number of allylic oxidation sites excluding steroid dienone is 2. The molecule has 2 rings (SSSR count). The minimum absolute atomic E-state index is 0.0445. The van der Waals surface area contributed by atoms with E-state index < -0.39 is 53.8 Å². The maximum Gasteiger partial charge on any atom is 0.329 e. The second-order valence-electron chi connectivity index (χ2n) is 9.24. The molecule has 0 spiro atoms. The van der Waals surface area contributed by atoms with Gasteiger partial charge in [0.25, 0.3) is 5.91 Å². The van der Waals surface area contributed by atoms with E-state index in [0.717, 1.165) is 0 Å². The van der Waals surface area contributed by atoms with Crippen LogP contribution in [0, 0.1) is 11.8 Å². The topological polar surface area (TPSA) is 143 Å². The van der Waals surface area contributed by atoms with E-state index >= 15 is 0 Å². The van der Waals surface area contributed by atoms with Crippen LogP contribution in [0.3, 0.4) is 0 Å². The van der Waals surface area contributed by atoms with Crippen molar-refractivity contribution >= 4 is 51.2 Å². The number of carbonyl (C=O) groups excluding carboxylic acids is 5. The van der Waals surface area contributed by atoms with Crippen molar-refractivity contribution < 1.29 is 28.7 Å². The molecule has 0 aromatic heterocycles. The summed E-state index contributed by atoms with van der Waals surface area (Å²) in [4.78, 5) is 65.2. The van der Waals surface area contributed by atoms with E-state index in [2.05, 4.69) is 21.3 Å². The average Bonchev–Trinajstić information content (AvgIpc) is 2.81. The lowest BCUT2D eigenvalue weighted by Gasteiger charge is -2.27. The average molecular weight is 541 g/mol. The van der Waals surface area contributed by atoms with Gasteiger partial charge in [-0.2, -0.15) is 0 Å². The van der Waals surface area contributed by atoms with Gasteiger partial charge < -0.3 is 26.0 Å². The van der Waals surface area contributed by atoms with Crippen molar-refractivity contribution in [3.63, 3.8) is 0 Å². The van der Waals surface area contributed by atoms with E-state index in [9.17, 15) is 24.0 Å². The highest BCUT2D eigenvalue weighted by Crippen LogP contribution is 2.24. The molecule has 0 aliphatic carbocycles. The molecule has 12 heteroatoms. The van der Waals surface area contributed by atoms with Crippen LogP contribution in [0.5, 0.6) is 0 Å². The SMILES string of the molecule is C/C=C1\NC(=O)C2CSSCC/C=C\C(CC(=O)NC(C(C)C)C(=O)N2)OC(=O)C(C(C)C)NC1=O. The summed E-state index contributed by atoms with van der Waals surface area (Å²) in [5.74, 6) is -2.54. The third kappa shape index (κ3) is 8.88. The van der Waals surface area contributed by atoms with Gasteiger partial charge >= 0.3 is 5.97 Å². The van der Waals surface area contributed by atoms with Crippen molar-refractivity contribution in [1.82, 2.24) is 21.3 Å². The van der Waals surface area contributed by atoms with E-state index in [-0.39, 0.29) is 29.7 Å². The van der Waals surface area contributed by atoms with Crippen molar-refractivity contribution in [3.8, 4) is 0 Å². The molecule has 0 aromatic carbocycles. The predicted molar refractivity (Wildman–Crippen MR) is 141 cm³/mol. The largest absolute Gasteiger partial charge is 0.456 e. The van der Waals surface area contributed by atoms with E-state index in [4.69, 9.17) is 4.74 Å². The zero-order chi connectivity index (χ0) is 26.8. The fourth-order valence-electron chi connectivity index (χ4n) is 3.50. The quantitative estimate of drug-likeness (QED) is 0.178. The van der Waals surface area contributed by atoms with Gasteiger partial charge in [-0.3, -0.25) is 19.2 Å². The molecular formula is C24H36N4O6S2. The molecule has 0 aromatic rings. The highest BCUT2D eigenvalue weighted by molar-refractivity contribution is 8.76. The molecule has 1 fully saturated rings. The van der Waals surface area contributed by atoms with Crippen molar-refractivity contribution in [3.05, 3.63) is 23.9 Å². The lowest BCUT2D eigenvalue weighted by molar-refractivity contribution is -0.153. The van der Waals surface area contributed by atoms with Crippen LogP contribution in [0.1, 0.15) is 47.5 Å². The van der Waals surface area contributed by atoms with Crippen LogP contribution in [-0.4, -0.2) is 65.3 Å². The predicted octanol–water partition coefficient (Wildman–Crippen LogP) is 1.43. The van der Waals surface area contributed by atoms with Crippen LogP contribution in [0.25, 0.3) is 0 Å². The maximum atomic E-state index is 13.2. The fraction of sp³-hybridized carbons (Fsp3) is 0.625.